The van der Waals surface area contributed by atoms with E-state index in [1.165, 1.54) is 4.90 Å². The minimum atomic E-state index is -1.16. The van der Waals surface area contributed by atoms with Crippen LogP contribution in [0.2, 0.25) is 5.02 Å². The van der Waals surface area contributed by atoms with Crippen molar-refractivity contribution in [1.82, 2.24) is 9.80 Å². The Morgan fingerprint density at radius 2 is 1.71 bits per heavy atom. The van der Waals surface area contributed by atoms with E-state index in [-0.39, 0.29) is 44.2 Å². The highest BCUT2D eigenvalue weighted by molar-refractivity contribution is 6.30. The Hall–Kier alpha value is -2.75. The van der Waals surface area contributed by atoms with E-state index in [1.54, 1.807) is 29.2 Å². The summed E-state index contributed by atoms with van der Waals surface area (Å²) in [5, 5.41) is 0.491. The molecule has 0 spiro atoms. The molecular formula is C24H25ClF2N2O5. The molecule has 0 aromatic heterocycles. The minimum absolute atomic E-state index is 0.0145. The van der Waals surface area contributed by atoms with E-state index in [0.717, 1.165) is 12.1 Å². The first-order chi connectivity index (χ1) is 16.3. The van der Waals surface area contributed by atoms with Crippen LogP contribution in [0, 0.1) is 11.6 Å². The summed E-state index contributed by atoms with van der Waals surface area (Å²) in [4.78, 5) is 29.3. The van der Waals surface area contributed by atoms with Gasteiger partial charge in [0.25, 0.3) is 5.91 Å². The summed E-state index contributed by atoms with van der Waals surface area (Å²) < 4.78 is 44.7. The fourth-order valence-electron chi connectivity index (χ4n) is 4.10. The van der Waals surface area contributed by atoms with Crippen LogP contribution in [0.1, 0.15) is 16.8 Å². The van der Waals surface area contributed by atoms with Crippen LogP contribution in [0.15, 0.2) is 42.5 Å². The molecular weight excluding hydrogens is 470 g/mol. The highest BCUT2D eigenvalue weighted by atomic mass is 35.5. The zero-order valence-electron chi connectivity index (χ0n) is 18.5. The van der Waals surface area contributed by atoms with Gasteiger partial charge in [-0.15, -0.1) is 0 Å². The molecule has 1 atom stereocenters. The molecule has 7 nitrogen and oxygen atoms in total. The van der Waals surface area contributed by atoms with Crippen LogP contribution in [0.25, 0.3) is 0 Å². The van der Waals surface area contributed by atoms with Crippen molar-refractivity contribution in [3.8, 4) is 5.75 Å². The zero-order chi connectivity index (χ0) is 24.1. The number of amides is 2. The average molecular weight is 495 g/mol. The SMILES string of the molecule is O=C(CC1(COc2cccc(Cl)c2)CN(C(=O)c2cc(F)cc(F)c2)CCO1)N1CCOCC1. The van der Waals surface area contributed by atoms with Crippen molar-refractivity contribution in [3.63, 3.8) is 0 Å². The first kappa shape index (κ1) is 24.4. The van der Waals surface area contributed by atoms with Gasteiger partial charge in [-0.1, -0.05) is 17.7 Å². The minimum Gasteiger partial charge on any atom is -0.490 e. The van der Waals surface area contributed by atoms with Crippen molar-refractivity contribution in [2.24, 2.45) is 0 Å². The molecule has 2 heterocycles. The topological polar surface area (TPSA) is 68.3 Å². The lowest BCUT2D eigenvalue weighted by molar-refractivity contribution is -0.155. The normalized spacial score (nSPS) is 20.8. The predicted molar refractivity (Wildman–Crippen MR) is 120 cm³/mol. The number of rotatable bonds is 6. The van der Waals surface area contributed by atoms with E-state index in [0.29, 0.717) is 43.1 Å². The van der Waals surface area contributed by atoms with Gasteiger partial charge in [0, 0.05) is 36.3 Å². The molecule has 1 unspecified atom stereocenters. The first-order valence-electron chi connectivity index (χ1n) is 11.0. The van der Waals surface area contributed by atoms with Crippen molar-refractivity contribution >= 4 is 23.4 Å². The number of halogens is 3. The molecule has 182 valence electrons. The van der Waals surface area contributed by atoms with E-state index >= 15 is 0 Å². The molecule has 2 aliphatic rings. The maximum atomic E-state index is 13.7. The van der Waals surface area contributed by atoms with Crippen LogP contribution in [0.5, 0.6) is 5.75 Å². The Morgan fingerprint density at radius 1 is 1.00 bits per heavy atom. The Balaban J connectivity index is 1.55. The van der Waals surface area contributed by atoms with E-state index in [9.17, 15) is 18.4 Å². The van der Waals surface area contributed by atoms with Crippen LogP contribution in [-0.4, -0.2) is 79.8 Å². The summed E-state index contributed by atoms with van der Waals surface area (Å²) in [6, 6.07) is 9.50. The lowest BCUT2D eigenvalue weighted by atomic mass is 9.96. The van der Waals surface area contributed by atoms with Gasteiger partial charge < -0.3 is 24.0 Å². The molecule has 0 radical (unpaired) electrons. The highest BCUT2D eigenvalue weighted by Crippen LogP contribution is 2.27. The molecule has 0 N–H and O–H groups in total. The predicted octanol–water partition coefficient (Wildman–Crippen LogP) is 3.16. The second-order valence-corrected chi connectivity index (χ2v) is 8.77. The van der Waals surface area contributed by atoms with Gasteiger partial charge in [0.1, 0.15) is 29.6 Å². The van der Waals surface area contributed by atoms with Crippen LogP contribution in [0.3, 0.4) is 0 Å². The molecule has 2 aliphatic heterocycles. The average Bonchev–Trinajstić information content (AvgIpc) is 2.82. The van der Waals surface area contributed by atoms with Gasteiger partial charge in [-0.25, -0.2) is 8.78 Å². The Morgan fingerprint density at radius 3 is 2.41 bits per heavy atom. The zero-order valence-corrected chi connectivity index (χ0v) is 19.2. The second-order valence-electron chi connectivity index (χ2n) is 8.33. The van der Waals surface area contributed by atoms with Crippen molar-refractivity contribution < 1.29 is 32.6 Å². The molecule has 0 saturated carbocycles. The molecule has 10 heteroatoms. The molecule has 2 aromatic carbocycles. The van der Waals surface area contributed by atoms with Crippen LogP contribution in [0.4, 0.5) is 8.78 Å². The van der Waals surface area contributed by atoms with E-state index in [1.807, 2.05) is 0 Å². The van der Waals surface area contributed by atoms with Crippen molar-refractivity contribution in [1.29, 1.82) is 0 Å². The summed E-state index contributed by atoms with van der Waals surface area (Å²) in [6.07, 6.45) is -0.0329. The molecule has 2 fully saturated rings. The number of ether oxygens (including phenoxy) is 3. The third-order valence-corrected chi connectivity index (χ3v) is 6.02. The molecule has 0 aliphatic carbocycles. The van der Waals surface area contributed by atoms with Crippen molar-refractivity contribution in [2.75, 3.05) is 52.6 Å². The largest absolute Gasteiger partial charge is 0.490 e. The number of hydrogen-bond acceptors (Lipinski definition) is 5. The number of nitrogens with zero attached hydrogens (tertiary/aromatic N) is 2. The second kappa shape index (κ2) is 10.7. The van der Waals surface area contributed by atoms with Gasteiger partial charge in [0.2, 0.25) is 5.91 Å². The van der Waals surface area contributed by atoms with E-state index < -0.39 is 23.1 Å². The van der Waals surface area contributed by atoms with Crippen molar-refractivity contribution in [3.05, 3.63) is 64.7 Å². The smallest absolute Gasteiger partial charge is 0.254 e. The summed E-state index contributed by atoms with van der Waals surface area (Å²) in [5.74, 6) is -1.88. The van der Waals surface area contributed by atoms with E-state index in [2.05, 4.69) is 0 Å². The number of hydrogen-bond donors (Lipinski definition) is 0. The number of morpholine rings is 2. The van der Waals surface area contributed by atoms with Crippen LogP contribution >= 0.6 is 11.6 Å². The van der Waals surface area contributed by atoms with Gasteiger partial charge in [-0.2, -0.15) is 0 Å². The fraction of sp³-hybridized carbons (Fsp3) is 0.417. The van der Waals surface area contributed by atoms with Gasteiger partial charge in [-0.05, 0) is 30.3 Å². The van der Waals surface area contributed by atoms with E-state index in [4.69, 9.17) is 25.8 Å². The summed E-state index contributed by atoms with van der Waals surface area (Å²) in [6.45, 7) is 2.18. The van der Waals surface area contributed by atoms with Crippen LogP contribution in [-0.2, 0) is 14.3 Å². The standard InChI is InChI=1S/C24H25ClF2N2O5/c25-18-2-1-3-21(12-18)33-16-24(14-22(30)28-4-7-32-8-5-28)15-29(6-9-34-24)23(31)17-10-19(26)13-20(27)11-17/h1-3,10-13H,4-9,14-16H2. The molecule has 0 bridgehead atoms. The molecule has 2 saturated heterocycles. The van der Waals surface area contributed by atoms with Crippen LogP contribution < -0.4 is 4.74 Å². The lowest BCUT2D eigenvalue weighted by Crippen LogP contribution is -2.58. The maximum Gasteiger partial charge on any atom is 0.254 e. The number of carbonyl (C=O) groups is 2. The Kier molecular flexibility index (Phi) is 7.65. The van der Waals surface area contributed by atoms with Gasteiger partial charge in [0.15, 0.2) is 0 Å². The summed E-state index contributed by atoms with van der Waals surface area (Å²) in [7, 11) is 0. The number of benzene rings is 2. The summed E-state index contributed by atoms with van der Waals surface area (Å²) >= 11 is 6.05. The first-order valence-corrected chi connectivity index (χ1v) is 11.3. The molecule has 2 aromatic rings. The third-order valence-electron chi connectivity index (χ3n) is 5.78. The van der Waals surface area contributed by atoms with Gasteiger partial charge in [0.05, 0.1) is 32.8 Å². The monoisotopic (exact) mass is 494 g/mol. The van der Waals surface area contributed by atoms with Gasteiger partial charge in [-0.3, -0.25) is 9.59 Å². The Bertz CT molecular complexity index is 1030. The highest BCUT2D eigenvalue weighted by Gasteiger charge is 2.42. The molecule has 34 heavy (non-hydrogen) atoms. The van der Waals surface area contributed by atoms with Gasteiger partial charge >= 0.3 is 0 Å². The lowest BCUT2D eigenvalue weighted by Gasteiger charge is -2.43. The summed E-state index contributed by atoms with van der Waals surface area (Å²) in [5.41, 5.74) is -1.26. The number of carbonyl (C=O) groups excluding carboxylic acids is 2. The third kappa shape index (κ3) is 6.02. The molecule has 4 rings (SSSR count). The van der Waals surface area contributed by atoms with Crippen molar-refractivity contribution in [2.45, 2.75) is 12.0 Å². The quantitative estimate of drug-likeness (QED) is 0.617. The molecule has 2 amide bonds. The fourth-order valence-corrected chi connectivity index (χ4v) is 4.28. The Labute approximate surface area is 201 Å². The maximum absolute atomic E-state index is 13.7.